The Hall–Kier alpha value is -2.15. The molecule has 7 heteroatoms. The summed E-state index contributed by atoms with van der Waals surface area (Å²) in [5, 5.41) is 8.11. The highest BCUT2D eigenvalue weighted by atomic mass is 16.5. The summed E-state index contributed by atoms with van der Waals surface area (Å²) in [5.41, 5.74) is 1.93. The number of aryl methyl sites for hydroxylation is 2. The molecule has 1 saturated heterocycles. The van der Waals surface area contributed by atoms with Crippen molar-refractivity contribution in [1.29, 1.82) is 0 Å². The van der Waals surface area contributed by atoms with E-state index in [1.54, 1.807) is 11.0 Å². The van der Waals surface area contributed by atoms with E-state index in [1.165, 1.54) is 5.56 Å². The number of hydrogen-bond acceptors (Lipinski definition) is 5. The summed E-state index contributed by atoms with van der Waals surface area (Å²) in [5.74, 6) is 0.553. The molecule has 7 nitrogen and oxygen atoms in total. The van der Waals surface area contributed by atoms with Gasteiger partial charge in [0.15, 0.2) is 0 Å². The molecule has 1 aliphatic rings. The van der Waals surface area contributed by atoms with Crippen LogP contribution in [0.15, 0.2) is 23.0 Å². The normalized spacial score (nSPS) is 21.8. The fourth-order valence-corrected chi connectivity index (χ4v) is 3.66. The summed E-state index contributed by atoms with van der Waals surface area (Å²) < 4.78 is 6.94. The quantitative estimate of drug-likeness (QED) is 0.855. The minimum atomic E-state index is -0.117. The van der Waals surface area contributed by atoms with Gasteiger partial charge in [0.2, 0.25) is 5.76 Å². The Kier molecular flexibility index (Phi) is 4.71. The van der Waals surface area contributed by atoms with Crippen LogP contribution < -0.4 is 0 Å². The van der Waals surface area contributed by atoms with Gasteiger partial charge in [0.25, 0.3) is 5.91 Å². The van der Waals surface area contributed by atoms with Crippen molar-refractivity contribution < 1.29 is 9.32 Å². The maximum absolute atomic E-state index is 12.5. The van der Waals surface area contributed by atoms with Gasteiger partial charge in [-0.15, -0.1) is 0 Å². The third-order valence-electron chi connectivity index (χ3n) is 4.77. The fourth-order valence-electron chi connectivity index (χ4n) is 3.66. The Bertz CT molecular complexity index is 707. The zero-order chi connectivity index (χ0) is 17.3. The van der Waals surface area contributed by atoms with Crippen LogP contribution in [-0.4, -0.2) is 57.8 Å². The number of aromatic nitrogens is 3. The number of carbonyl (C=O) groups is 1. The summed E-state index contributed by atoms with van der Waals surface area (Å²) >= 11 is 0. The van der Waals surface area contributed by atoms with Crippen molar-refractivity contribution in [3.8, 4) is 0 Å². The molecular formula is C17H25N5O2. The lowest BCUT2D eigenvalue weighted by Crippen LogP contribution is -2.42. The van der Waals surface area contributed by atoms with Gasteiger partial charge in [0, 0.05) is 44.5 Å². The summed E-state index contributed by atoms with van der Waals surface area (Å²) in [6.07, 6.45) is 6.24. The fraction of sp³-hybridized carbons (Fsp3) is 0.588. The van der Waals surface area contributed by atoms with Gasteiger partial charge in [0.05, 0.1) is 11.9 Å². The van der Waals surface area contributed by atoms with Crippen LogP contribution in [-0.2, 0) is 7.05 Å². The van der Waals surface area contributed by atoms with Crippen LogP contribution in [0.4, 0.5) is 0 Å². The predicted molar refractivity (Wildman–Crippen MR) is 89.5 cm³/mol. The Balaban J connectivity index is 1.74. The highest BCUT2D eigenvalue weighted by Crippen LogP contribution is 2.35. The standard InChI is InChI=1S/C17H25N5O2/c1-12-8-15(24-19-12)17(23)21(3)10-13-6-5-7-20(2)16(13)14-9-18-22(4)11-14/h8-9,11,13,16H,5-7,10H2,1-4H3/t13-,16+/m0/s1. The van der Waals surface area contributed by atoms with Gasteiger partial charge < -0.3 is 9.42 Å². The second-order valence-corrected chi connectivity index (χ2v) is 6.79. The van der Waals surface area contributed by atoms with Gasteiger partial charge in [0.1, 0.15) is 0 Å². The zero-order valence-corrected chi connectivity index (χ0v) is 14.8. The molecular weight excluding hydrogens is 306 g/mol. The summed E-state index contributed by atoms with van der Waals surface area (Å²) in [6.45, 7) is 3.56. The monoisotopic (exact) mass is 331 g/mol. The molecule has 0 saturated carbocycles. The number of carbonyl (C=O) groups excluding carboxylic acids is 1. The van der Waals surface area contributed by atoms with Crippen molar-refractivity contribution in [2.45, 2.75) is 25.8 Å². The van der Waals surface area contributed by atoms with E-state index in [9.17, 15) is 4.79 Å². The largest absolute Gasteiger partial charge is 0.351 e. The van der Waals surface area contributed by atoms with Gasteiger partial charge in [-0.25, -0.2) is 0 Å². The highest BCUT2D eigenvalue weighted by Gasteiger charge is 2.33. The molecule has 1 fully saturated rings. The van der Waals surface area contributed by atoms with E-state index in [0.29, 0.717) is 18.2 Å². The van der Waals surface area contributed by atoms with Crippen molar-refractivity contribution in [1.82, 2.24) is 24.7 Å². The van der Waals surface area contributed by atoms with Crippen molar-refractivity contribution in [2.75, 3.05) is 27.2 Å². The van der Waals surface area contributed by atoms with Crippen LogP contribution in [0.3, 0.4) is 0 Å². The van der Waals surface area contributed by atoms with Gasteiger partial charge in [-0.2, -0.15) is 5.10 Å². The van der Waals surface area contributed by atoms with Crippen LogP contribution in [0.25, 0.3) is 0 Å². The molecule has 2 aromatic heterocycles. The molecule has 130 valence electrons. The van der Waals surface area contributed by atoms with E-state index in [0.717, 1.165) is 25.1 Å². The van der Waals surface area contributed by atoms with E-state index in [-0.39, 0.29) is 11.9 Å². The molecule has 1 aliphatic heterocycles. The van der Waals surface area contributed by atoms with Crippen molar-refractivity contribution in [3.63, 3.8) is 0 Å². The predicted octanol–water partition coefficient (Wildman–Crippen LogP) is 1.87. The van der Waals surface area contributed by atoms with Crippen LogP contribution in [0, 0.1) is 12.8 Å². The van der Waals surface area contributed by atoms with Crippen LogP contribution in [0.5, 0.6) is 0 Å². The van der Waals surface area contributed by atoms with Crippen LogP contribution in [0.2, 0.25) is 0 Å². The lowest BCUT2D eigenvalue weighted by molar-refractivity contribution is 0.0611. The van der Waals surface area contributed by atoms with Gasteiger partial charge in [-0.05, 0) is 39.3 Å². The molecule has 2 atom stereocenters. The first-order chi connectivity index (χ1) is 11.5. The SMILES string of the molecule is Cc1cc(C(=O)N(C)C[C@@H]2CCCN(C)[C@H]2c2cnn(C)c2)on1. The first kappa shape index (κ1) is 16.7. The first-order valence-corrected chi connectivity index (χ1v) is 8.33. The summed E-state index contributed by atoms with van der Waals surface area (Å²) in [7, 11) is 5.91. The highest BCUT2D eigenvalue weighted by molar-refractivity contribution is 5.91. The van der Waals surface area contributed by atoms with Gasteiger partial charge >= 0.3 is 0 Å². The number of likely N-dealkylation sites (tertiary alicyclic amines) is 1. The van der Waals surface area contributed by atoms with Crippen LogP contribution in [0.1, 0.15) is 40.7 Å². The number of piperidine rings is 1. The second kappa shape index (κ2) is 6.76. The second-order valence-electron chi connectivity index (χ2n) is 6.79. The Morgan fingerprint density at radius 3 is 2.88 bits per heavy atom. The molecule has 0 unspecified atom stereocenters. The third-order valence-corrected chi connectivity index (χ3v) is 4.77. The molecule has 1 amide bonds. The smallest absolute Gasteiger partial charge is 0.292 e. The molecule has 0 spiro atoms. The number of nitrogens with zero attached hydrogens (tertiary/aromatic N) is 5. The van der Waals surface area contributed by atoms with Crippen molar-refractivity contribution in [2.24, 2.45) is 13.0 Å². The van der Waals surface area contributed by atoms with E-state index >= 15 is 0 Å². The number of hydrogen-bond donors (Lipinski definition) is 0. The van der Waals surface area contributed by atoms with E-state index < -0.39 is 0 Å². The van der Waals surface area contributed by atoms with E-state index in [2.05, 4.69) is 28.4 Å². The molecule has 0 N–H and O–H groups in total. The molecule has 3 heterocycles. The summed E-state index contributed by atoms with van der Waals surface area (Å²) in [6, 6.07) is 1.96. The first-order valence-electron chi connectivity index (χ1n) is 8.33. The van der Waals surface area contributed by atoms with Crippen molar-refractivity contribution in [3.05, 3.63) is 35.5 Å². The molecule has 2 aromatic rings. The lowest BCUT2D eigenvalue weighted by Gasteiger charge is -2.40. The molecule has 3 rings (SSSR count). The summed E-state index contributed by atoms with van der Waals surface area (Å²) in [4.78, 5) is 16.6. The van der Waals surface area contributed by atoms with Crippen molar-refractivity contribution >= 4 is 5.91 Å². The molecule has 24 heavy (non-hydrogen) atoms. The van der Waals surface area contributed by atoms with Crippen LogP contribution >= 0.6 is 0 Å². The van der Waals surface area contributed by atoms with E-state index in [1.807, 2.05) is 31.9 Å². The lowest BCUT2D eigenvalue weighted by atomic mass is 9.85. The maximum atomic E-state index is 12.5. The molecule has 0 radical (unpaired) electrons. The molecule has 0 aromatic carbocycles. The number of amides is 1. The average molecular weight is 331 g/mol. The Morgan fingerprint density at radius 1 is 1.46 bits per heavy atom. The Labute approximate surface area is 142 Å². The van der Waals surface area contributed by atoms with Gasteiger partial charge in [-0.3, -0.25) is 14.4 Å². The minimum Gasteiger partial charge on any atom is -0.351 e. The maximum Gasteiger partial charge on any atom is 0.292 e. The Morgan fingerprint density at radius 2 is 2.25 bits per heavy atom. The molecule has 0 aliphatic carbocycles. The zero-order valence-electron chi connectivity index (χ0n) is 14.8. The molecule has 0 bridgehead atoms. The van der Waals surface area contributed by atoms with Gasteiger partial charge in [-0.1, -0.05) is 5.16 Å². The minimum absolute atomic E-state index is 0.117. The number of rotatable bonds is 4. The topological polar surface area (TPSA) is 67.4 Å². The van der Waals surface area contributed by atoms with E-state index in [4.69, 9.17) is 4.52 Å². The third kappa shape index (κ3) is 3.36. The average Bonchev–Trinajstić information content (AvgIpc) is 3.15.